The SMILES string of the molecule is COC(=O)c1ccc(OC)c(S(=O)(=O)NC[C@]2(O)CCCc3cc(OC)ccc32)c1. The van der Waals surface area contributed by atoms with Crippen LogP contribution in [0.2, 0.25) is 0 Å². The number of rotatable bonds is 7. The van der Waals surface area contributed by atoms with Gasteiger partial charge in [-0.15, -0.1) is 0 Å². The van der Waals surface area contributed by atoms with E-state index >= 15 is 0 Å². The van der Waals surface area contributed by atoms with Gasteiger partial charge in [-0.1, -0.05) is 6.07 Å². The fraction of sp³-hybridized carbons (Fsp3) is 0.381. The highest BCUT2D eigenvalue weighted by Crippen LogP contribution is 2.37. The molecule has 1 aliphatic carbocycles. The third kappa shape index (κ3) is 4.28. The number of esters is 1. The van der Waals surface area contributed by atoms with Gasteiger partial charge in [-0.3, -0.25) is 0 Å². The molecule has 0 aromatic heterocycles. The van der Waals surface area contributed by atoms with E-state index in [9.17, 15) is 18.3 Å². The second kappa shape index (κ2) is 8.63. The second-order valence-electron chi connectivity index (χ2n) is 7.09. The minimum Gasteiger partial charge on any atom is -0.497 e. The van der Waals surface area contributed by atoms with Crippen LogP contribution in [0.3, 0.4) is 0 Å². The van der Waals surface area contributed by atoms with Crippen LogP contribution in [0.4, 0.5) is 0 Å². The summed E-state index contributed by atoms with van der Waals surface area (Å²) in [4.78, 5) is 11.6. The third-order valence-corrected chi connectivity index (χ3v) is 6.70. The summed E-state index contributed by atoms with van der Waals surface area (Å²) in [5, 5.41) is 11.2. The third-order valence-electron chi connectivity index (χ3n) is 5.28. The van der Waals surface area contributed by atoms with Gasteiger partial charge in [0, 0.05) is 6.54 Å². The van der Waals surface area contributed by atoms with Crippen molar-refractivity contribution in [3.8, 4) is 11.5 Å². The number of sulfonamides is 1. The number of carbonyl (C=O) groups excluding carboxylic acids is 1. The van der Waals surface area contributed by atoms with Crippen LogP contribution in [0.15, 0.2) is 41.3 Å². The smallest absolute Gasteiger partial charge is 0.337 e. The van der Waals surface area contributed by atoms with E-state index in [2.05, 4.69) is 9.46 Å². The molecule has 2 N–H and O–H groups in total. The van der Waals surface area contributed by atoms with Crippen molar-refractivity contribution >= 4 is 16.0 Å². The summed E-state index contributed by atoms with van der Waals surface area (Å²) in [5.74, 6) is 0.0988. The zero-order valence-electron chi connectivity index (χ0n) is 17.1. The fourth-order valence-corrected chi connectivity index (χ4v) is 4.95. The van der Waals surface area contributed by atoms with E-state index in [4.69, 9.17) is 9.47 Å². The van der Waals surface area contributed by atoms with Crippen LogP contribution in [-0.4, -0.2) is 47.4 Å². The van der Waals surface area contributed by atoms with E-state index in [0.717, 1.165) is 12.0 Å². The molecule has 0 saturated heterocycles. The Labute approximate surface area is 175 Å². The standard InChI is InChI=1S/C21H25NO7S/c1-27-16-7-8-17-14(11-16)5-4-10-21(17,24)13-22-30(25,26)19-12-15(20(23)29-3)6-9-18(19)28-2/h6-9,11-12,22,24H,4-5,10,13H2,1-3H3/t21-/m1/s1. The Balaban J connectivity index is 1.90. The molecule has 0 unspecified atom stereocenters. The van der Waals surface area contributed by atoms with Gasteiger partial charge in [0.25, 0.3) is 0 Å². The van der Waals surface area contributed by atoms with Crippen LogP contribution in [-0.2, 0) is 26.8 Å². The molecular weight excluding hydrogens is 410 g/mol. The number of aryl methyl sites for hydroxylation is 1. The Morgan fingerprint density at radius 2 is 1.90 bits per heavy atom. The molecule has 0 heterocycles. The van der Waals surface area contributed by atoms with Gasteiger partial charge in [-0.25, -0.2) is 17.9 Å². The van der Waals surface area contributed by atoms with Crippen LogP contribution in [0.1, 0.15) is 34.3 Å². The molecule has 0 aliphatic heterocycles. The van der Waals surface area contributed by atoms with Gasteiger partial charge in [0.05, 0.1) is 26.9 Å². The molecule has 9 heteroatoms. The minimum atomic E-state index is -4.09. The monoisotopic (exact) mass is 435 g/mol. The van der Waals surface area contributed by atoms with Crippen molar-refractivity contribution in [2.45, 2.75) is 29.8 Å². The average Bonchev–Trinajstić information content (AvgIpc) is 2.76. The molecule has 2 aromatic carbocycles. The van der Waals surface area contributed by atoms with Crippen LogP contribution >= 0.6 is 0 Å². The van der Waals surface area contributed by atoms with E-state index in [0.29, 0.717) is 24.2 Å². The molecule has 0 bridgehead atoms. The number of aliphatic hydroxyl groups is 1. The van der Waals surface area contributed by atoms with Crippen molar-refractivity contribution in [3.63, 3.8) is 0 Å². The highest BCUT2D eigenvalue weighted by molar-refractivity contribution is 7.89. The van der Waals surface area contributed by atoms with Crippen LogP contribution in [0.5, 0.6) is 11.5 Å². The van der Waals surface area contributed by atoms with E-state index in [1.165, 1.54) is 32.4 Å². The topological polar surface area (TPSA) is 111 Å². The average molecular weight is 435 g/mol. The van der Waals surface area contributed by atoms with Crippen molar-refractivity contribution in [3.05, 3.63) is 53.1 Å². The van der Waals surface area contributed by atoms with Gasteiger partial charge in [-0.2, -0.15) is 0 Å². The molecule has 3 rings (SSSR count). The molecule has 0 radical (unpaired) electrons. The summed E-state index contributed by atoms with van der Waals surface area (Å²) in [6, 6.07) is 9.36. The normalized spacial score (nSPS) is 18.4. The lowest BCUT2D eigenvalue weighted by atomic mass is 9.79. The zero-order chi connectivity index (χ0) is 21.9. The molecule has 0 amide bonds. The Hall–Kier alpha value is -2.62. The minimum absolute atomic E-state index is 0.0764. The number of hydrogen-bond donors (Lipinski definition) is 2. The number of methoxy groups -OCH3 is 3. The second-order valence-corrected chi connectivity index (χ2v) is 8.83. The Bertz CT molecular complexity index is 1050. The van der Waals surface area contributed by atoms with Gasteiger partial charge in [-0.05, 0) is 60.7 Å². The van der Waals surface area contributed by atoms with Crippen molar-refractivity contribution in [1.82, 2.24) is 4.72 Å². The number of carbonyl (C=O) groups is 1. The van der Waals surface area contributed by atoms with Crippen molar-refractivity contribution in [1.29, 1.82) is 0 Å². The first-order chi connectivity index (χ1) is 14.2. The van der Waals surface area contributed by atoms with Gasteiger partial charge in [0.2, 0.25) is 10.0 Å². The highest BCUT2D eigenvalue weighted by atomic mass is 32.2. The van der Waals surface area contributed by atoms with Crippen molar-refractivity contribution in [2.24, 2.45) is 0 Å². The van der Waals surface area contributed by atoms with Crippen LogP contribution in [0.25, 0.3) is 0 Å². The fourth-order valence-electron chi connectivity index (χ4n) is 3.67. The lowest BCUT2D eigenvalue weighted by molar-refractivity contribution is 0.0242. The van der Waals surface area contributed by atoms with E-state index in [-0.39, 0.29) is 22.8 Å². The molecule has 2 aromatic rings. The van der Waals surface area contributed by atoms with Gasteiger partial charge >= 0.3 is 5.97 Å². The molecule has 1 aliphatic rings. The molecule has 0 fully saturated rings. The maximum Gasteiger partial charge on any atom is 0.337 e. The zero-order valence-corrected chi connectivity index (χ0v) is 17.9. The van der Waals surface area contributed by atoms with Gasteiger partial charge < -0.3 is 19.3 Å². The van der Waals surface area contributed by atoms with Crippen molar-refractivity contribution in [2.75, 3.05) is 27.9 Å². The van der Waals surface area contributed by atoms with Gasteiger partial charge in [0.1, 0.15) is 22.0 Å². The van der Waals surface area contributed by atoms with Crippen LogP contribution < -0.4 is 14.2 Å². The van der Waals surface area contributed by atoms with E-state index in [1.807, 2.05) is 6.07 Å². The molecule has 0 saturated carbocycles. The number of ether oxygens (including phenoxy) is 3. The summed E-state index contributed by atoms with van der Waals surface area (Å²) in [6.07, 6.45) is 1.89. The maximum absolute atomic E-state index is 13.0. The van der Waals surface area contributed by atoms with E-state index < -0.39 is 21.6 Å². The predicted octanol–water partition coefficient (Wildman–Crippen LogP) is 1.99. The first kappa shape index (κ1) is 22.1. The van der Waals surface area contributed by atoms with Crippen LogP contribution in [0, 0.1) is 0 Å². The Morgan fingerprint density at radius 3 is 2.57 bits per heavy atom. The molecule has 8 nitrogen and oxygen atoms in total. The maximum atomic E-state index is 13.0. The Kier molecular flexibility index (Phi) is 6.35. The summed E-state index contributed by atoms with van der Waals surface area (Å²) >= 11 is 0. The number of fused-ring (bicyclic) bond motifs is 1. The molecule has 0 spiro atoms. The predicted molar refractivity (Wildman–Crippen MR) is 109 cm³/mol. The summed E-state index contributed by atoms with van der Waals surface area (Å²) in [5.41, 5.74) is 0.313. The quantitative estimate of drug-likeness (QED) is 0.640. The summed E-state index contributed by atoms with van der Waals surface area (Å²) in [6.45, 7) is -0.222. The first-order valence-electron chi connectivity index (χ1n) is 9.40. The first-order valence-corrected chi connectivity index (χ1v) is 10.9. The molecule has 162 valence electrons. The van der Waals surface area contributed by atoms with Crippen molar-refractivity contribution < 1.29 is 32.5 Å². The number of benzene rings is 2. The van der Waals surface area contributed by atoms with E-state index in [1.54, 1.807) is 19.2 Å². The molecule has 30 heavy (non-hydrogen) atoms. The molecule has 1 atom stereocenters. The number of nitrogens with one attached hydrogen (secondary N) is 1. The lowest BCUT2D eigenvalue weighted by Gasteiger charge is -2.34. The molecular formula is C21H25NO7S. The summed E-state index contributed by atoms with van der Waals surface area (Å²) in [7, 11) is 0.0326. The lowest BCUT2D eigenvalue weighted by Crippen LogP contribution is -2.43. The largest absolute Gasteiger partial charge is 0.497 e. The highest BCUT2D eigenvalue weighted by Gasteiger charge is 2.36. The Morgan fingerprint density at radius 1 is 1.13 bits per heavy atom. The summed E-state index contributed by atoms with van der Waals surface area (Å²) < 4.78 is 43.5. The van der Waals surface area contributed by atoms with Gasteiger partial charge in [0.15, 0.2) is 0 Å². The number of hydrogen-bond acceptors (Lipinski definition) is 7.